The maximum Gasteiger partial charge on any atom is 0.336 e. The lowest BCUT2D eigenvalue weighted by molar-refractivity contribution is -0.149. The zero-order valence-electron chi connectivity index (χ0n) is 16.0. The first-order valence-corrected chi connectivity index (χ1v) is 11.3. The van der Waals surface area contributed by atoms with Gasteiger partial charge in [0.25, 0.3) is 21.7 Å². The van der Waals surface area contributed by atoms with Gasteiger partial charge in [-0.25, -0.2) is 18.2 Å². The Kier molecular flexibility index (Phi) is 5.07. The van der Waals surface area contributed by atoms with Gasteiger partial charge in [-0.05, 0) is 34.4 Å². The Balaban J connectivity index is 1.72. The van der Waals surface area contributed by atoms with E-state index in [0.717, 1.165) is 27.0 Å². The average molecular weight is 457 g/mol. The van der Waals surface area contributed by atoms with Crippen molar-refractivity contribution in [3.05, 3.63) is 58.8 Å². The number of sulfonamides is 1. The van der Waals surface area contributed by atoms with E-state index < -0.39 is 33.7 Å². The predicted molar refractivity (Wildman–Crippen MR) is 115 cm³/mol. The standard InChI is InChI=1S/C20H15N3O6S2/c1-23-18(21-15(20(26)27)16(24)19(23)25)17-14(8-9-30-17)22-31(28,29)13-7-6-11-4-2-3-5-12(11)10-13/h2-10,15,22H,1H3,(H,26,27). The first kappa shape index (κ1) is 20.7. The molecule has 1 aliphatic rings. The number of fused-ring (bicyclic) bond motifs is 1. The number of rotatable bonds is 5. The van der Waals surface area contributed by atoms with E-state index in [4.69, 9.17) is 0 Å². The number of ketones is 1. The van der Waals surface area contributed by atoms with Gasteiger partial charge in [0.15, 0.2) is 5.84 Å². The minimum absolute atomic E-state index is 0.0388. The third-order valence-electron chi connectivity index (χ3n) is 4.71. The zero-order chi connectivity index (χ0) is 22.3. The van der Waals surface area contributed by atoms with Crippen LogP contribution < -0.4 is 4.72 Å². The molecule has 31 heavy (non-hydrogen) atoms. The Labute approximate surface area is 180 Å². The van der Waals surface area contributed by atoms with Crippen LogP contribution in [0.25, 0.3) is 10.8 Å². The summed E-state index contributed by atoms with van der Waals surface area (Å²) in [5, 5.41) is 12.4. The molecular formula is C20H15N3O6S2. The monoisotopic (exact) mass is 457 g/mol. The molecule has 0 radical (unpaired) electrons. The van der Waals surface area contributed by atoms with Gasteiger partial charge in [-0.1, -0.05) is 30.3 Å². The lowest BCUT2D eigenvalue weighted by Crippen LogP contribution is -2.50. The van der Waals surface area contributed by atoms with E-state index in [2.05, 4.69) is 9.71 Å². The number of carboxylic acid groups (broad SMARTS) is 1. The average Bonchev–Trinajstić information content (AvgIpc) is 3.18. The molecule has 0 spiro atoms. The van der Waals surface area contributed by atoms with Gasteiger partial charge >= 0.3 is 5.97 Å². The van der Waals surface area contributed by atoms with Gasteiger partial charge < -0.3 is 5.11 Å². The van der Waals surface area contributed by atoms with Crippen molar-refractivity contribution in [1.82, 2.24) is 4.90 Å². The van der Waals surface area contributed by atoms with Crippen LogP contribution in [0.2, 0.25) is 0 Å². The molecule has 2 aromatic carbocycles. The van der Waals surface area contributed by atoms with Crippen molar-refractivity contribution in [2.24, 2.45) is 4.99 Å². The van der Waals surface area contributed by atoms with E-state index in [9.17, 15) is 27.9 Å². The highest BCUT2D eigenvalue weighted by molar-refractivity contribution is 7.92. The summed E-state index contributed by atoms with van der Waals surface area (Å²) in [6, 6.07) is 11.6. The van der Waals surface area contributed by atoms with Crippen LogP contribution in [0.1, 0.15) is 4.88 Å². The molecule has 0 fully saturated rings. The van der Waals surface area contributed by atoms with Crippen molar-refractivity contribution < 1.29 is 27.9 Å². The fraction of sp³-hybridized carbons (Fsp3) is 0.100. The number of carbonyl (C=O) groups is 3. The van der Waals surface area contributed by atoms with Crippen LogP contribution >= 0.6 is 11.3 Å². The molecule has 1 unspecified atom stereocenters. The number of aliphatic imine (C=N–C) groups is 1. The Morgan fingerprint density at radius 2 is 1.84 bits per heavy atom. The van der Waals surface area contributed by atoms with E-state index in [1.54, 1.807) is 23.6 Å². The summed E-state index contributed by atoms with van der Waals surface area (Å²) < 4.78 is 28.4. The van der Waals surface area contributed by atoms with Crippen molar-refractivity contribution in [3.63, 3.8) is 0 Å². The highest BCUT2D eigenvalue weighted by Crippen LogP contribution is 2.29. The molecule has 2 N–H and O–H groups in total. The molecule has 158 valence electrons. The first-order chi connectivity index (χ1) is 14.7. The number of aliphatic carboxylic acids is 1. The summed E-state index contributed by atoms with van der Waals surface area (Å²) in [4.78, 5) is 40.5. The molecular weight excluding hydrogens is 442 g/mol. The van der Waals surface area contributed by atoms with E-state index in [-0.39, 0.29) is 21.3 Å². The number of amides is 1. The number of hydrogen-bond donors (Lipinski definition) is 2. The Hall–Kier alpha value is -3.57. The lowest BCUT2D eigenvalue weighted by atomic mass is 10.1. The Morgan fingerprint density at radius 1 is 1.13 bits per heavy atom. The van der Waals surface area contributed by atoms with E-state index >= 15 is 0 Å². The number of benzene rings is 2. The second-order valence-electron chi connectivity index (χ2n) is 6.70. The summed E-state index contributed by atoms with van der Waals surface area (Å²) in [7, 11) is -2.72. The molecule has 1 aliphatic heterocycles. The third kappa shape index (κ3) is 3.68. The number of nitrogens with one attached hydrogen (secondary N) is 1. The topological polar surface area (TPSA) is 133 Å². The van der Waals surface area contributed by atoms with Gasteiger partial charge in [-0.2, -0.15) is 0 Å². The number of Topliss-reactive ketones (excluding diaryl/α,β-unsaturated/α-hetero) is 1. The van der Waals surface area contributed by atoms with Crippen LogP contribution in [0.5, 0.6) is 0 Å². The van der Waals surface area contributed by atoms with Crippen LogP contribution in [-0.2, 0) is 24.4 Å². The fourth-order valence-electron chi connectivity index (χ4n) is 3.13. The van der Waals surface area contributed by atoms with Gasteiger partial charge in [0.05, 0.1) is 15.5 Å². The van der Waals surface area contributed by atoms with Crippen molar-refractivity contribution >= 4 is 61.3 Å². The molecule has 1 aromatic heterocycles. The number of likely N-dealkylation sites (N-methyl/N-ethyl adjacent to an activating group) is 1. The van der Waals surface area contributed by atoms with Crippen LogP contribution in [0.3, 0.4) is 0 Å². The van der Waals surface area contributed by atoms with Crippen LogP contribution in [0, 0.1) is 0 Å². The maximum atomic E-state index is 13.0. The number of anilines is 1. The number of hydrogen-bond acceptors (Lipinski definition) is 7. The fourth-order valence-corrected chi connectivity index (χ4v) is 5.18. The summed E-state index contributed by atoms with van der Waals surface area (Å²) >= 11 is 1.06. The normalized spacial score (nSPS) is 17.0. The number of amidine groups is 1. The SMILES string of the molecule is CN1C(=O)C(=O)C(C(=O)O)N=C1c1sccc1NS(=O)(=O)c1ccc2ccccc2c1. The second-order valence-corrected chi connectivity index (χ2v) is 9.30. The summed E-state index contributed by atoms with van der Waals surface area (Å²) in [5.74, 6) is -3.84. The molecule has 1 amide bonds. The molecule has 11 heteroatoms. The van der Waals surface area contributed by atoms with Gasteiger partial charge in [-0.15, -0.1) is 11.3 Å². The Bertz CT molecular complexity index is 1380. The van der Waals surface area contributed by atoms with E-state index in [1.807, 2.05) is 12.1 Å². The molecule has 0 bridgehead atoms. The number of carboxylic acids is 1. The number of thiophene rings is 1. The molecule has 3 aromatic rings. The minimum atomic E-state index is -3.99. The van der Waals surface area contributed by atoms with Gasteiger partial charge in [0.1, 0.15) is 0 Å². The lowest BCUT2D eigenvalue weighted by Gasteiger charge is -2.25. The highest BCUT2D eigenvalue weighted by atomic mass is 32.2. The summed E-state index contributed by atoms with van der Waals surface area (Å²) in [5.41, 5.74) is 0.120. The predicted octanol–water partition coefficient (Wildman–Crippen LogP) is 1.94. The molecule has 2 heterocycles. The minimum Gasteiger partial charge on any atom is -0.479 e. The van der Waals surface area contributed by atoms with Gasteiger partial charge in [0.2, 0.25) is 6.04 Å². The summed E-state index contributed by atoms with van der Waals surface area (Å²) in [6.45, 7) is 0. The van der Waals surface area contributed by atoms with Crippen molar-refractivity contribution in [3.8, 4) is 0 Å². The summed E-state index contributed by atoms with van der Waals surface area (Å²) in [6.07, 6.45) is 0. The number of nitrogens with zero attached hydrogens (tertiary/aromatic N) is 2. The molecule has 9 nitrogen and oxygen atoms in total. The van der Waals surface area contributed by atoms with Crippen molar-refractivity contribution in [1.29, 1.82) is 0 Å². The molecule has 0 saturated carbocycles. The van der Waals surface area contributed by atoms with E-state index in [1.165, 1.54) is 25.2 Å². The van der Waals surface area contributed by atoms with Crippen LogP contribution in [0.4, 0.5) is 5.69 Å². The van der Waals surface area contributed by atoms with Gasteiger partial charge in [-0.3, -0.25) is 19.2 Å². The quantitative estimate of drug-likeness (QED) is 0.444. The van der Waals surface area contributed by atoms with Crippen LogP contribution in [0.15, 0.2) is 63.8 Å². The van der Waals surface area contributed by atoms with Crippen molar-refractivity contribution in [2.45, 2.75) is 10.9 Å². The first-order valence-electron chi connectivity index (χ1n) is 8.91. The molecule has 1 atom stereocenters. The largest absolute Gasteiger partial charge is 0.479 e. The highest BCUT2D eigenvalue weighted by Gasteiger charge is 2.40. The zero-order valence-corrected chi connectivity index (χ0v) is 17.6. The molecule has 0 aliphatic carbocycles. The maximum absolute atomic E-state index is 13.0. The molecule has 0 saturated heterocycles. The molecule has 4 rings (SSSR count). The second kappa shape index (κ2) is 7.60. The van der Waals surface area contributed by atoms with Gasteiger partial charge in [0, 0.05) is 7.05 Å². The van der Waals surface area contributed by atoms with Crippen LogP contribution in [-0.4, -0.2) is 55.0 Å². The van der Waals surface area contributed by atoms with Crippen molar-refractivity contribution in [2.75, 3.05) is 11.8 Å². The Morgan fingerprint density at radius 3 is 2.55 bits per heavy atom. The van der Waals surface area contributed by atoms with E-state index in [0.29, 0.717) is 0 Å². The smallest absolute Gasteiger partial charge is 0.336 e. The third-order valence-corrected chi connectivity index (χ3v) is 6.98. The number of carbonyl (C=O) groups excluding carboxylic acids is 2.